The molecular weight excluding hydrogens is 240 g/mol. The van der Waals surface area contributed by atoms with E-state index in [1.165, 1.54) is 5.56 Å². The predicted molar refractivity (Wildman–Crippen MR) is 75.5 cm³/mol. The summed E-state index contributed by atoms with van der Waals surface area (Å²) >= 11 is 0. The third kappa shape index (κ3) is 3.65. The van der Waals surface area contributed by atoms with Crippen molar-refractivity contribution in [2.45, 2.75) is 44.7 Å². The van der Waals surface area contributed by atoms with E-state index < -0.39 is 11.1 Å². The number of benzene rings is 1. The second-order valence-electron chi connectivity index (χ2n) is 5.20. The summed E-state index contributed by atoms with van der Waals surface area (Å²) in [6.45, 7) is 5.39. The van der Waals surface area contributed by atoms with Gasteiger partial charge < -0.3 is 0 Å². The molecule has 0 spiro atoms. The van der Waals surface area contributed by atoms with Gasteiger partial charge in [0.15, 0.2) is 0 Å². The largest absolute Gasteiger partial charge is 0.0871 e. The summed E-state index contributed by atoms with van der Waals surface area (Å²) in [4.78, 5) is 5.76. The fourth-order valence-corrected chi connectivity index (χ4v) is 1.83. The maximum Gasteiger partial charge on any atom is 0.0570 e. The molecule has 0 radical (unpaired) electrons. The van der Waals surface area contributed by atoms with Gasteiger partial charge in [-0.1, -0.05) is 61.3 Å². The molecule has 0 saturated heterocycles. The summed E-state index contributed by atoms with van der Waals surface area (Å²) in [6.07, 6.45) is 1.38. The van der Waals surface area contributed by atoms with Crippen molar-refractivity contribution in [3.8, 4) is 0 Å². The van der Waals surface area contributed by atoms with Crippen LogP contribution in [0.4, 0.5) is 0 Å². The molecule has 0 saturated carbocycles. The van der Waals surface area contributed by atoms with Crippen molar-refractivity contribution in [1.82, 2.24) is 0 Å². The first-order valence-electron chi connectivity index (χ1n) is 6.12. The van der Waals surface area contributed by atoms with Gasteiger partial charge in [-0.25, -0.2) is 0 Å². The number of aryl methyl sites for hydroxylation is 1. The van der Waals surface area contributed by atoms with Gasteiger partial charge in [-0.05, 0) is 29.5 Å². The third-order valence-electron chi connectivity index (χ3n) is 3.62. The monoisotopic (exact) mass is 258 g/mol. The zero-order valence-corrected chi connectivity index (χ0v) is 11.5. The minimum atomic E-state index is -0.775. The molecule has 0 aliphatic carbocycles. The van der Waals surface area contributed by atoms with E-state index in [-0.39, 0.29) is 0 Å². The van der Waals surface area contributed by atoms with Crippen LogP contribution in [0, 0.1) is 0 Å². The van der Waals surface area contributed by atoms with Crippen molar-refractivity contribution in [2.75, 3.05) is 0 Å². The van der Waals surface area contributed by atoms with Crippen LogP contribution in [0.5, 0.6) is 0 Å². The van der Waals surface area contributed by atoms with E-state index >= 15 is 0 Å². The lowest BCUT2D eigenvalue weighted by molar-refractivity contribution is 0.265. The highest BCUT2D eigenvalue weighted by Crippen LogP contribution is 2.34. The third-order valence-corrected chi connectivity index (χ3v) is 3.62. The fraction of sp³-hybridized carbons (Fsp3) is 0.538. The minimum Gasteiger partial charge on any atom is -0.0871 e. The highest BCUT2D eigenvalue weighted by atomic mass is 15.2. The summed E-state index contributed by atoms with van der Waals surface area (Å²) in [5, 5.41) is 7.65. The second kappa shape index (κ2) is 6.14. The Morgan fingerprint density at radius 2 is 1.58 bits per heavy atom. The molecule has 1 aromatic rings. The van der Waals surface area contributed by atoms with Gasteiger partial charge in [-0.3, -0.25) is 0 Å². The Balaban J connectivity index is 2.95. The van der Waals surface area contributed by atoms with E-state index in [0.29, 0.717) is 6.42 Å². The van der Waals surface area contributed by atoms with Crippen LogP contribution in [0.25, 0.3) is 20.9 Å². The molecular formula is C13H18N6. The van der Waals surface area contributed by atoms with Gasteiger partial charge >= 0.3 is 0 Å². The molecule has 1 unspecified atom stereocenters. The molecule has 0 aliphatic heterocycles. The number of hydrogen-bond acceptors (Lipinski definition) is 2. The molecule has 0 fully saturated rings. The van der Waals surface area contributed by atoms with Crippen molar-refractivity contribution < 1.29 is 0 Å². The molecule has 1 rings (SSSR count). The Hall–Kier alpha value is -2.16. The lowest BCUT2D eigenvalue weighted by atomic mass is 9.78. The smallest absolute Gasteiger partial charge is 0.0570 e. The Morgan fingerprint density at radius 3 is 2.11 bits per heavy atom. The topological polar surface area (TPSA) is 97.5 Å². The average Bonchev–Trinajstić information content (AvgIpc) is 2.38. The van der Waals surface area contributed by atoms with E-state index in [1.807, 2.05) is 37.3 Å². The molecule has 0 amide bonds. The maximum atomic E-state index is 8.75. The van der Waals surface area contributed by atoms with Gasteiger partial charge in [0.05, 0.1) is 11.1 Å². The Morgan fingerprint density at radius 1 is 1.00 bits per heavy atom. The van der Waals surface area contributed by atoms with Crippen molar-refractivity contribution in [1.29, 1.82) is 0 Å². The van der Waals surface area contributed by atoms with Gasteiger partial charge in [0.1, 0.15) is 0 Å². The Bertz CT molecular complexity index is 511. The molecule has 1 atom stereocenters. The van der Waals surface area contributed by atoms with Crippen LogP contribution >= 0.6 is 0 Å². The number of nitrogens with zero attached hydrogens (tertiary/aromatic N) is 6. The first kappa shape index (κ1) is 14.9. The van der Waals surface area contributed by atoms with Crippen LogP contribution in [0.15, 0.2) is 40.6 Å². The van der Waals surface area contributed by atoms with E-state index in [9.17, 15) is 0 Å². The van der Waals surface area contributed by atoms with Crippen LogP contribution in [-0.4, -0.2) is 11.1 Å². The number of hydrogen-bond donors (Lipinski definition) is 0. The van der Waals surface area contributed by atoms with Gasteiger partial charge in [0.25, 0.3) is 0 Å². The zero-order valence-electron chi connectivity index (χ0n) is 11.5. The van der Waals surface area contributed by atoms with Crippen molar-refractivity contribution >= 4 is 0 Å². The summed E-state index contributed by atoms with van der Waals surface area (Å²) in [5.41, 5.74) is 17.0. The van der Waals surface area contributed by atoms with E-state index in [1.54, 1.807) is 13.8 Å². The van der Waals surface area contributed by atoms with Crippen LogP contribution in [0.2, 0.25) is 0 Å². The van der Waals surface area contributed by atoms with Crippen LogP contribution in [0.3, 0.4) is 0 Å². The number of azide groups is 2. The molecule has 6 nitrogen and oxygen atoms in total. The van der Waals surface area contributed by atoms with E-state index in [4.69, 9.17) is 11.1 Å². The molecule has 100 valence electrons. The second-order valence-corrected chi connectivity index (χ2v) is 5.20. The summed E-state index contributed by atoms with van der Waals surface area (Å²) in [7, 11) is 0. The Labute approximate surface area is 112 Å². The van der Waals surface area contributed by atoms with Crippen LogP contribution < -0.4 is 0 Å². The Kier molecular flexibility index (Phi) is 4.81. The summed E-state index contributed by atoms with van der Waals surface area (Å²) in [5.74, 6) is 0. The van der Waals surface area contributed by atoms with Crippen molar-refractivity contribution in [2.24, 2.45) is 10.2 Å². The van der Waals surface area contributed by atoms with E-state index in [0.717, 1.165) is 6.42 Å². The van der Waals surface area contributed by atoms with Gasteiger partial charge in [-0.2, -0.15) is 0 Å². The quantitative estimate of drug-likeness (QED) is 0.398. The normalized spacial score (nSPS) is 13.8. The first-order valence-corrected chi connectivity index (χ1v) is 6.12. The highest BCUT2D eigenvalue weighted by Gasteiger charge is 2.39. The number of rotatable bonds is 6. The molecule has 0 aliphatic rings. The van der Waals surface area contributed by atoms with Gasteiger partial charge in [0, 0.05) is 9.82 Å². The van der Waals surface area contributed by atoms with Crippen LogP contribution in [-0.2, 0) is 6.42 Å². The molecule has 0 heterocycles. The van der Waals surface area contributed by atoms with E-state index in [2.05, 4.69) is 20.1 Å². The standard InChI is InChI=1S/C13H18N6/c1-12(2,16-18-14)13(3,17-19-15)10-9-11-7-5-4-6-8-11/h4-8H,9-10H2,1-3H3. The lowest BCUT2D eigenvalue weighted by Gasteiger charge is -2.37. The molecule has 0 aromatic heterocycles. The molecule has 6 heteroatoms. The molecule has 0 bridgehead atoms. The fourth-order valence-electron chi connectivity index (χ4n) is 1.83. The van der Waals surface area contributed by atoms with Gasteiger partial charge in [-0.15, -0.1) is 0 Å². The van der Waals surface area contributed by atoms with Crippen molar-refractivity contribution in [3.05, 3.63) is 56.8 Å². The van der Waals surface area contributed by atoms with Gasteiger partial charge in [0.2, 0.25) is 0 Å². The molecule has 1 aromatic carbocycles. The predicted octanol–water partition coefficient (Wildman–Crippen LogP) is 4.78. The SMILES string of the molecule is CC(C)(N=[N+]=[N-])C(C)(CCc1ccccc1)N=[N+]=[N-]. The minimum absolute atomic E-state index is 0.618. The lowest BCUT2D eigenvalue weighted by Crippen LogP contribution is -2.44. The zero-order chi connectivity index (χ0) is 14.4. The molecule has 0 N–H and O–H groups in total. The maximum absolute atomic E-state index is 8.75. The first-order chi connectivity index (χ1) is 8.95. The average molecular weight is 258 g/mol. The van der Waals surface area contributed by atoms with Crippen molar-refractivity contribution in [3.63, 3.8) is 0 Å². The van der Waals surface area contributed by atoms with Crippen LogP contribution in [0.1, 0.15) is 32.8 Å². The summed E-state index contributed by atoms with van der Waals surface area (Å²) in [6, 6.07) is 9.95. The molecule has 19 heavy (non-hydrogen) atoms. The highest BCUT2D eigenvalue weighted by molar-refractivity contribution is 5.16. The summed E-state index contributed by atoms with van der Waals surface area (Å²) < 4.78 is 0.